The molecule has 1 N–H and O–H groups in total. The molecular formula is C14H20N8. The Labute approximate surface area is 128 Å². The SMILES string of the molecule is CC(C)Cn1ncc(Nc2ccc3nnnn3n2)c1C(C)C. The Kier molecular flexibility index (Phi) is 3.74. The Morgan fingerprint density at radius 1 is 1.18 bits per heavy atom. The first-order valence-corrected chi connectivity index (χ1v) is 7.42. The molecule has 0 aliphatic carbocycles. The van der Waals surface area contributed by atoms with Gasteiger partial charge in [0.05, 0.1) is 17.6 Å². The molecule has 0 atom stereocenters. The number of nitrogens with zero attached hydrogens (tertiary/aromatic N) is 7. The van der Waals surface area contributed by atoms with Crippen LogP contribution in [0.4, 0.5) is 11.5 Å². The zero-order chi connectivity index (χ0) is 15.7. The Bertz CT molecular complexity index is 770. The van der Waals surface area contributed by atoms with Crippen LogP contribution in [-0.2, 0) is 6.54 Å². The molecule has 8 nitrogen and oxygen atoms in total. The van der Waals surface area contributed by atoms with Crippen LogP contribution in [0.25, 0.3) is 5.65 Å². The zero-order valence-corrected chi connectivity index (χ0v) is 13.2. The fraction of sp³-hybridized carbons (Fsp3) is 0.500. The molecule has 116 valence electrons. The molecule has 0 amide bonds. The van der Waals surface area contributed by atoms with E-state index in [1.54, 1.807) is 0 Å². The third-order valence-electron chi connectivity index (χ3n) is 3.30. The van der Waals surface area contributed by atoms with E-state index in [2.05, 4.69) is 63.4 Å². The van der Waals surface area contributed by atoms with Crippen LogP contribution in [-0.4, -0.2) is 35.0 Å². The van der Waals surface area contributed by atoms with Crippen LogP contribution in [0.1, 0.15) is 39.3 Å². The van der Waals surface area contributed by atoms with Gasteiger partial charge in [-0.1, -0.05) is 27.7 Å². The summed E-state index contributed by atoms with van der Waals surface area (Å²) in [6.45, 7) is 9.60. The van der Waals surface area contributed by atoms with Crippen LogP contribution in [0, 0.1) is 5.92 Å². The van der Waals surface area contributed by atoms with Gasteiger partial charge in [0.1, 0.15) is 0 Å². The summed E-state index contributed by atoms with van der Waals surface area (Å²) in [4.78, 5) is 0. The van der Waals surface area contributed by atoms with E-state index in [4.69, 9.17) is 0 Å². The minimum absolute atomic E-state index is 0.362. The van der Waals surface area contributed by atoms with Gasteiger partial charge in [0, 0.05) is 6.54 Å². The maximum atomic E-state index is 4.51. The van der Waals surface area contributed by atoms with Gasteiger partial charge in [-0.3, -0.25) is 4.68 Å². The number of hydrogen-bond donors (Lipinski definition) is 1. The summed E-state index contributed by atoms with van der Waals surface area (Å²) >= 11 is 0. The minimum Gasteiger partial charge on any atom is -0.336 e. The maximum absolute atomic E-state index is 4.51. The van der Waals surface area contributed by atoms with E-state index in [0.717, 1.165) is 12.2 Å². The number of aromatic nitrogens is 7. The molecule has 0 radical (unpaired) electrons. The molecule has 3 aromatic heterocycles. The van der Waals surface area contributed by atoms with Gasteiger partial charge in [-0.05, 0) is 34.4 Å². The predicted molar refractivity (Wildman–Crippen MR) is 83.0 cm³/mol. The highest BCUT2D eigenvalue weighted by molar-refractivity contribution is 5.59. The maximum Gasteiger partial charge on any atom is 0.200 e. The molecule has 0 aliphatic heterocycles. The van der Waals surface area contributed by atoms with E-state index in [9.17, 15) is 0 Å². The summed E-state index contributed by atoms with van der Waals surface area (Å²) in [7, 11) is 0. The number of nitrogens with one attached hydrogen (secondary N) is 1. The lowest BCUT2D eigenvalue weighted by Gasteiger charge is -2.14. The standard InChI is InChI=1S/C14H20N8/c1-9(2)8-21-14(10(3)4)11(7-15-21)16-12-5-6-13-17-19-20-22(13)18-12/h5-7,9-10H,8H2,1-4H3,(H,16,18). The molecule has 3 aromatic rings. The fourth-order valence-electron chi connectivity index (χ4n) is 2.45. The Morgan fingerprint density at radius 3 is 2.73 bits per heavy atom. The number of rotatable bonds is 5. The Hall–Kier alpha value is -2.51. The van der Waals surface area contributed by atoms with Crippen LogP contribution >= 0.6 is 0 Å². The first kappa shape index (κ1) is 14.4. The van der Waals surface area contributed by atoms with Crippen molar-refractivity contribution in [2.24, 2.45) is 5.92 Å². The molecule has 0 bridgehead atoms. The fourth-order valence-corrected chi connectivity index (χ4v) is 2.45. The smallest absolute Gasteiger partial charge is 0.200 e. The van der Waals surface area contributed by atoms with Gasteiger partial charge in [-0.25, -0.2) is 0 Å². The van der Waals surface area contributed by atoms with Crippen molar-refractivity contribution in [3.63, 3.8) is 0 Å². The van der Waals surface area contributed by atoms with Gasteiger partial charge in [-0.2, -0.15) is 5.10 Å². The Balaban J connectivity index is 1.92. The van der Waals surface area contributed by atoms with Gasteiger partial charge in [-0.15, -0.1) is 14.8 Å². The van der Waals surface area contributed by atoms with Gasteiger partial charge < -0.3 is 5.32 Å². The van der Waals surface area contributed by atoms with E-state index in [-0.39, 0.29) is 0 Å². The molecule has 0 saturated heterocycles. The van der Waals surface area contributed by atoms with Crippen molar-refractivity contribution in [3.05, 3.63) is 24.0 Å². The van der Waals surface area contributed by atoms with E-state index in [1.807, 2.05) is 18.3 Å². The van der Waals surface area contributed by atoms with Gasteiger partial charge >= 0.3 is 0 Å². The molecule has 22 heavy (non-hydrogen) atoms. The molecule has 0 aliphatic rings. The summed E-state index contributed by atoms with van der Waals surface area (Å²) < 4.78 is 3.46. The second kappa shape index (κ2) is 5.70. The second-order valence-electron chi connectivity index (χ2n) is 6.04. The summed E-state index contributed by atoms with van der Waals surface area (Å²) in [6.07, 6.45) is 1.85. The molecule has 0 aromatic carbocycles. The van der Waals surface area contributed by atoms with Crippen molar-refractivity contribution in [1.82, 2.24) is 35.0 Å². The predicted octanol–water partition coefficient (Wildman–Crippen LogP) is 2.24. The van der Waals surface area contributed by atoms with Crippen LogP contribution in [0.2, 0.25) is 0 Å². The molecule has 3 heterocycles. The van der Waals surface area contributed by atoms with Crippen LogP contribution in [0.3, 0.4) is 0 Å². The average molecular weight is 300 g/mol. The van der Waals surface area contributed by atoms with Crippen molar-refractivity contribution in [2.45, 2.75) is 40.2 Å². The molecule has 3 rings (SSSR count). The molecule has 0 unspecified atom stereocenters. The van der Waals surface area contributed by atoms with Crippen molar-refractivity contribution in [3.8, 4) is 0 Å². The molecule has 0 spiro atoms. The first-order chi connectivity index (χ1) is 10.5. The lowest BCUT2D eigenvalue weighted by atomic mass is 10.1. The normalized spacial score (nSPS) is 11.7. The van der Waals surface area contributed by atoms with Crippen molar-refractivity contribution in [1.29, 1.82) is 0 Å². The average Bonchev–Trinajstić information content (AvgIpc) is 3.04. The quantitative estimate of drug-likeness (QED) is 0.777. The molecule has 0 fully saturated rings. The van der Waals surface area contributed by atoms with Gasteiger partial charge in [0.15, 0.2) is 11.5 Å². The highest BCUT2D eigenvalue weighted by Gasteiger charge is 2.16. The summed E-state index contributed by atoms with van der Waals surface area (Å²) in [6, 6.07) is 3.68. The minimum atomic E-state index is 0.362. The lowest BCUT2D eigenvalue weighted by molar-refractivity contribution is 0.462. The molecular weight excluding hydrogens is 280 g/mol. The van der Waals surface area contributed by atoms with Gasteiger partial charge in [0.25, 0.3) is 0 Å². The monoisotopic (exact) mass is 300 g/mol. The van der Waals surface area contributed by atoms with Crippen molar-refractivity contribution in [2.75, 3.05) is 5.32 Å². The first-order valence-electron chi connectivity index (χ1n) is 7.42. The third-order valence-corrected chi connectivity index (χ3v) is 3.30. The summed E-state index contributed by atoms with van der Waals surface area (Å²) in [5.74, 6) is 1.59. The Morgan fingerprint density at radius 2 is 2.00 bits per heavy atom. The van der Waals surface area contributed by atoms with E-state index in [0.29, 0.717) is 23.3 Å². The lowest BCUT2D eigenvalue weighted by Crippen LogP contribution is -2.11. The van der Waals surface area contributed by atoms with E-state index >= 15 is 0 Å². The van der Waals surface area contributed by atoms with Crippen LogP contribution < -0.4 is 5.32 Å². The zero-order valence-electron chi connectivity index (χ0n) is 13.2. The highest BCUT2D eigenvalue weighted by Crippen LogP contribution is 2.27. The second-order valence-corrected chi connectivity index (χ2v) is 6.04. The largest absolute Gasteiger partial charge is 0.336 e. The number of anilines is 2. The van der Waals surface area contributed by atoms with Crippen molar-refractivity contribution >= 4 is 17.2 Å². The highest BCUT2D eigenvalue weighted by atomic mass is 15.6. The molecule has 8 heteroatoms. The summed E-state index contributed by atoms with van der Waals surface area (Å²) in [5.41, 5.74) is 2.76. The summed E-state index contributed by atoms with van der Waals surface area (Å²) in [5, 5.41) is 23.4. The van der Waals surface area contributed by atoms with Crippen LogP contribution in [0.5, 0.6) is 0 Å². The van der Waals surface area contributed by atoms with E-state index < -0.39 is 0 Å². The number of hydrogen-bond acceptors (Lipinski definition) is 6. The number of tetrazole rings is 1. The number of fused-ring (bicyclic) bond motifs is 1. The topological polar surface area (TPSA) is 85.8 Å². The van der Waals surface area contributed by atoms with Crippen molar-refractivity contribution < 1.29 is 0 Å². The molecule has 0 saturated carbocycles. The van der Waals surface area contributed by atoms with E-state index in [1.165, 1.54) is 10.3 Å². The third kappa shape index (κ3) is 2.76. The van der Waals surface area contributed by atoms with Gasteiger partial charge in [0.2, 0.25) is 0 Å². The van der Waals surface area contributed by atoms with Crippen LogP contribution in [0.15, 0.2) is 18.3 Å².